The Morgan fingerprint density at radius 2 is 1.93 bits per heavy atom. The number of alkyl halides is 2. The van der Waals surface area contributed by atoms with Gasteiger partial charge in [0.1, 0.15) is 5.69 Å². The van der Waals surface area contributed by atoms with Crippen LogP contribution >= 0.6 is 0 Å². The summed E-state index contributed by atoms with van der Waals surface area (Å²) in [5.41, 5.74) is -0.768. The number of halogens is 3. The lowest BCUT2D eigenvalue weighted by Crippen LogP contribution is -2.19. The second-order valence-electron chi connectivity index (χ2n) is 6.09. The van der Waals surface area contributed by atoms with Crippen LogP contribution in [0.15, 0.2) is 46.2 Å². The summed E-state index contributed by atoms with van der Waals surface area (Å²) >= 11 is 0. The molecule has 0 saturated heterocycles. The molecule has 160 valence electrons. The molecule has 0 fully saturated rings. The molecule has 0 spiro atoms. The van der Waals surface area contributed by atoms with Crippen molar-refractivity contribution < 1.29 is 31.1 Å². The molecule has 3 rings (SSSR count). The summed E-state index contributed by atoms with van der Waals surface area (Å²) in [5.74, 6) is -2.31. The Hall–Kier alpha value is -3.28. The molecule has 2 heterocycles. The number of methoxy groups -OCH3 is 1. The monoisotopic (exact) mass is 443 g/mol. The number of benzene rings is 1. The highest BCUT2D eigenvalue weighted by molar-refractivity contribution is 7.93. The summed E-state index contributed by atoms with van der Waals surface area (Å²) in [6.07, 6.45) is -1.44. The molecule has 0 atom stereocenters. The second kappa shape index (κ2) is 8.22. The molecule has 12 heteroatoms. The number of nitrogens with one attached hydrogen (secondary N) is 1. The quantitative estimate of drug-likeness (QED) is 0.603. The SMILES string of the molecule is COc1nc(OCC(F)F)c(F)cc1NS(=O)(=O)c1cccc2c(=O)n(C)ccc12. The van der Waals surface area contributed by atoms with Crippen LogP contribution < -0.4 is 19.8 Å². The van der Waals surface area contributed by atoms with Gasteiger partial charge < -0.3 is 14.0 Å². The number of aryl methyl sites for hydroxylation is 1. The van der Waals surface area contributed by atoms with Crippen molar-refractivity contribution in [2.75, 3.05) is 18.4 Å². The number of aromatic nitrogens is 2. The summed E-state index contributed by atoms with van der Waals surface area (Å²) < 4.78 is 77.5. The molecule has 1 aromatic carbocycles. The van der Waals surface area contributed by atoms with Gasteiger partial charge in [-0.3, -0.25) is 9.52 Å². The van der Waals surface area contributed by atoms with Crippen molar-refractivity contribution in [1.82, 2.24) is 9.55 Å². The molecule has 0 aliphatic rings. The first kappa shape index (κ1) is 21.4. The van der Waals surface area contributed by atoms with Gasteiger partial charge in [-0.2, -0.15) is 4.98 Å². The maximum atomic E-state index is 14.2. The number of hydrogen-bond acceptors (Lipinski definition) is 6. The fraction of sp³-hybridized carbons (Fsp3) is 0.222. The van der Waals surface area contributed by atoms with E-state index in [0.29, 0.717) is 6.07 Å². The van der Waals surface area contributed by atoms with Crippen molar-refractivity contribution in [2.24, 2.45) is 7.05 Å². The third-order valence-electron chi connectivity index (χ3n) is 4.06. The topological polar surface area (TPSA) is 99.5 Å². The molecule has 0 aliphatic carbocycles. The van der Waals surface area contributed by atoms with E-state index in [1.54, 1.807) is 0 Å². The number of pyridine rings is 2. The van der Waals surface area contributed by atoms with Crippen molar-refractivity contribution >= 4 is 26.5 Å². The molecule has 0 amide bonds. The average Bonchev–Trinajstić information content (AvgIpc) is 2.69. The van der Waals surface area contributed by atoms with E-state index in [0.717, 1.165) is 7.11 Å². The summed E-state index contributed by atoms with van der Waals surface area (Å²) in [6.45, 7) is -1.09. The van der Waals surface area contributed by atoms with Crippen LogP contribution in [0.4, 0.5) is 18.9 Å². The maximum Gasteiger partial charge on any atom is 0.272 e. The van der Waals surface area contributed by atoms with Crippen LogP contribution in [-0.2, 0) is 17.1 Å². The fourth-order valence-electron chi connectivity index (χ4n) is 2.71. The average molecular weight is 443 g/mol. The minimum absolute atomic E-state index is 0.164. The number of hydrogen-bond donors (Lipinski definition) is 1. The molecule has 0 radical (unpaired) electrons. The molecular weight excluding hydrogens is 427 g/mol. The second-order valence-corrected chi connectivity index (χ2v) is 7.74. The van der Waals surface area contributed by atoms with E-state index in [-0.39, 0.29) is 27.2 Å². The van der Waals surface area contributed by atoms with E-state index in [1.165, 1.54) is 42.1 Å². The number of nitrogens with zero attached hydrogens (tertiary/aromatic N) is 2. The van der Waals surface area contributed by atoms with Gasteiger partial charge in [-0.05, 0) is 18.2 Å². The molecular formula is C18H16F3N3O5S. The summed E-state index contributed by atoms with van der Waals surface area (Å²) in [7, 11) is -1.64. The number of anilines is 1. The van der Waals surface area contributed by atoms with Gasteiger partial charge in [-0.1, -0.05) is 6.07 Å². The number of rotatable bonds is 7. The van der Waals surface area contributed by atoms with Crippen LogP contribution in [0.2, 0.25) is 0 Å². The van der Waals surface area contributed by atoms with Gasteiger partial charge in [0, 0.05) is 30.1 Å². The molecule has 0 aliphatic heterocycles. The molecule has 8 nitrogen and oxygen atoms in total. The maximum absolute atomic E-state index is 14.2. The first-order valence-corrected chi connectivity index (χ1v) is 9.89. The lowest BCUT2D eigenvalue weighted by molar-refractivity contribution is 0.0770. The van der Waals surface area contributed by atoms with Crippen LogP contribution in [0.1, 0.15) is 0 Å². The highest BCUT2D eigenvalue weighted by Gasteiger charge is 2.23. The lowest BCUT2D eigenvalue weighted by Gasteiger charge is -2.14. The summed E-state index contributed by atoms with van der Waals surface area (Å²) in [5, 5.41) is 0.340. The molecule has 3 aromatic rings. The van der Waals surface area contributed by atoms with Gasteiger partial charge >= 0.3 is 0 Å². The van der Waals surface area contributed by atoms with E-state index in [1.807, 2.05) is 0 Å². The zero-order valence-electron chi connectivity index (χ0n) is 15.7. The summed E-state index contributed by atoms with van der Waals surface area (Å²) in [6, 6.07) is 6.32. The third kappa shape index (κ3) is 4.17. The van der Waals surface area contributed by atoms with Crippen LogP contribution in [0, 0.1) is 5.82 Å². The minimum Gasteiger partial charge on any atom is -0.479 e. The van der Waals surface area contributed by atoms with E-state index in [4.69, 9.17) is 4.74 Å². The lowest BCUT2D eigenvalue weighted by atomic mass is 10.2. The van der Waals surface area contributed by atoms with Crippen LogP contribution in [0.5, 0.6) is 11.8 Å². The molecule has 0 unspecified atom stereocenters. The van der Waals surface area contributed by atoms with Crippen LogP contribution in [0.3, 0.4) is 0 Å². The van der Waals surface area contributed by atoms with E-state index >= 15 is 0 Å². The molecule has 0 bridgehead atoms. The molecule has 30 heavy (non-hydrogen) atoms. The van der Waals surface area contributed by atoms with Gasteiger partial charge in [0.05, 0.1) is 12.0 Å². The Balaban J connectivity index is 2.04. The van der Waals surface area contributed by atoms with Crippen LogP contribution in [-0.4, -0.2) is 38.1 Å². The Kier molecular flexibility index (Phi) is 5.87. The highest BCUT2D eigenvalue weighted by atomic mass is 32.2. The standard InChI is InChI=1S/C18H16F3N3O5S/c1-24-7-6-10-11(18(24)25)4-3-5-14(10)30(26,27)23-13-8-12(19)16(22-17(13)28-2)29-9-15(20)21/h3-8,15,23H,9H2,1-2H3. The largest absolute Gasteiger partial charge is 0.479 e. The molecule has 0 saturated carbocycles. The van der Waals surface area contributed by atoms with Crippen LogP contribution in [0.25, 0.3) is 10.8 Å². The van der Waals surface area contributed by atoms with Crippen molar-refractivity contribution in [3.05, 3.63) is 52.7 Å². The predicted molar refractivity (Wildman–Crippen MR) is 102 cm³/mol. The Morgan fingerprint density at radius 3 is 2.60 bits per heavy atom. The van der Waals surface area contributed by atoms with Gasteiger partial charge in [-0.25, -0.2) is 21.6 Å². The first-order chi connectivity index (χ1) is 14.1. The normalized spacial score (nSPS) is 11.7. The van der Waals surface area contributed by atoms with Crippen molar-refractivity contribution in [3.8, 4) is 11.8 Å². The Morgan fingerprint density at radius 1 is 1.20 bits per heavy atom. The smallest absolute Gasteiger partial charge is 0.272 e. The van der Waals surface area contributed by atoms with E-state index in [2.05, 4.69) is 14.4 Å². The summed E-state index contributed by atoms with van der Waals surface area (Å²) in [4.78, 5) is 15.6. The molecule has 1 N–H and O–H groups in total. The third-order valence-corrected chi connectivity index (χ3v) is 5.49. The number of fused-ring (bicyclic) bond motifs is 1. The number of sulfonamides is 1. The van der Waals surface area contributed by atoms with Gasteiger partial charge in [0.15, 0.2) is 12.4 Å². The van der Waals surface area contributed by atoms with Crippen molar-refractivity contribution in [1.29, 1.82) is 0 Å². The zero-order chi connectivity index (χ0) is 22.1. The Labute approximate surface area is 168 Å². The van der Waals surface area contributed by atoms with E-state index < -0.39 is 40.3 Å². The zero-order valence-corrected chi connectivity index (χ0v) is 16.5. The highest BCUT2D eigenvalue weighted by Crippen LogP contribution is 2.31. The van der Waals surface area contributed by atoms with Gasteiger partial charge in [0.2, 0.25) is 5.88 Å². The van der Waals surface area contributed by atoms with E-state index in [9.17, 15) is 26.4 Å². The van der Waals surface area contributed by atoms with Crippen molar-refractivity contribution in [3.63, 3.8) is 0 Å². The predicted octanol–water partition coefficient (Wildman–Crippen LogP) is 2.53. The molecule has 2 aromatic heterocycles. The van der Waals surface area contributed by atoms with Crippen molar-refractivity contribution in [2.45, 2.75) is 11.3 Å². The number of ether oxygens (including phenoxy) is 2. The fourth-order valence-corrected chi connectivity index (χ4v) is 3.98. The first-order valence-electron chi connectivity index (χ1n) is 8.40. The Bertz CT molecular complexity index is 1260. The van der Waals surface area contributed by atoms with Gasteiger partial charge in [0.25, 0.3) is 27.9 Å². The van der Waals surface area contributed by atoms with Gasteiger partial charge in [-0.15, -0.1) is 0 Å². The minimum atomic E-state index is -4.30.